The van der Waals surface area contributed by atoms with Crippen LogP contribution in [0.3, 0.4) is 0 Å². The van der Waals surface area contributed by atoms with Gasteiger partial charge in [-0.15, -0.1) is 0 Å². The molecule has 1 heterocycles. The van der Waals surface area contributed by atoms with E-state index in [4.69, 9.17) is 0 Å². The Labute approximate surface area is 194 Å². The number of hydrogen-bond donors (Lipinski definition) is 2. The summed E-state index contributed by atoms with van der Waals surface area (Å²) in [6.07, 6.45) is 7.91. The van der Waals surface area contributed by atoms with Gasteiger partial charge >= 0.3 is 0 Å². The third-order valence-electron chi connectivity index (χ3n) is 3.96. The largest absolute Gasteiger partial charge is 0.318 e. The Balaban J connectivity index is -0.000000384. The summed E-state index contributed by atoms with van der Waals surface area (Å²) in [5, 5.41) is 14.8. The molecule has 0 aromatic carbocycles. The summed E-state index contributed by atoms with van der Waals surface area (Å²) in [5.41, 5.74) is 4.41. The Kier molecular flexibility index (Phi) is 26.2. The predicted octanol–water partition coefficient (Wildman–Crippen LogP) is 3.77. The summed E-state index contributed by atoms with van der Waals surface area (Å²) in [6, 6.07) is 0. The topological polar surface area (TPSA) is 103 Å². The molecule has 1 aliphatic rings. The molecule has 0 fully saturated rings. The summed E-state index contributed by atoms with van der Waals surface area (Å²) in [7, 11) is 1.99. The number of carbonyl (C=O) groups is 1. The van der Waals surface area contributed by atoms with E-state index in [0.717, 1.165) is 25.2 Å². The van der Waals surface area contributed by atoms with Gasteiger partial charge in [0.1, 0.15) is 13.0 Å². The fraction of sp³-hybridized carbons (Fsp3) is 0.565. The lowest BCUT2D eigenvalue weighted by Crippen LogP contribution is -2.30. The summed E-state index contributed by atoms with van der Waals surface area (Å²) >= 11 is 0. The lowest BCUT2D eigenvalue weighted by atomic mass is 10.2. The van der Waals surface area contributed by atoms with Crippen LogP contribution in [0.4, 0.5) is 0 Å². The molecule has 2 N–H and O–H groups in total. The molecule has 9 nitrogen and oxygen atoms in total. The first kappa shape index (κ1) is 34.0. The maximum Gasteiger partial charge on any atom is 0.239 e. The zero-order valence-corrected chi connectivity index (χ0v) is 21.1. The van der Waals surface area contributed by atoms with Crippen LogP contribution in [0.1, 0.15) is 48.0 Å². The molecular weight excluding hydrogens is 408 g/mol. The lowest BCUT2D eigenvalue weighted by Gasteiger charge is -2.16. The molecule has 184 valence electrons. The van der Waals surface area contributed by atoms with E-state index < -0.39 is 0 Å². The van der Waals surface area contributed by atoms with Crippen molar-refractivity contribution >= 4 is 12.6 Å². The number of likely N-dealkylation sites (N-methyl/N-ethyl adjacent to an activating group) is 2. The molecule has 0 bridgehead atoms. The number of nitrogens with one attached hydrogen (secondary N) is 2. The van der Waals surface area contributed by atoms with Gasteiger partial charge in [0.15, 0.2) is 6.29 Å². The Morgan fingerprint density at radius 2 is 1.94 bits per heavy atom. The van der Waals surface area contributed by atoms with Gasteiger partial charge in [-0.2, -0.15) is 0 Å². The number of rotatable bonds is 11. The van der Waals surface area contributed by atoms with Crippen LogP contribution in [-0.2, 0) is 4.79 Å². The van der Waals surface area contributed by atoms with Crippen LogP contribution in [0.5, 0.6) is 0 Å². The number of hydrogen-bond acceptors (Lipinski definition) is 8. The van der Waals surface area contributed by atoms with Crippen LogP contribution >= 0.6 is 0 Å². The summed E-state index contributed by atoms with van der Waals surface area (Å²) in [5.74, 6) is 0. The first-order valence-electron chi connectivity index (χ1n) is 10.9. The molecular formula is C23H44N6O3. The second-order valence-corrected chi connectivity index (χ2v) is 6.28. The molecule has 9 heteroatoms. The number of aldehydes is 1. The third-order valence-corrected chi connectivity index (χ3v) is 3.96. The predicted molar refractivity (Wildman–Crippen MR) is 136 cm³/mol. The zero-order valence-electron chi connectivity index (χ0n) is 21.1. The molecule has 0 atom stereocenters. The van der Waals surface area contributed by atoms with Crippen molar-refractivity contribution in [1.29, 1.82) is 0 Å². The van der Waals surface area contributed by atoms with Crippen LogP contribution in [-0.4, -0.2) is 67.4 Å². The van der Waals surface area contributed by atoms with Crippen molar-refractivity contribution < 1.29 is 9.72 Å². The van der Waals surface area contributed by atoms with Crippen LogP contribution in [0.25, 0.3) is 0 Å². The number of nitro groups is 1. The highest BCUT2D eigenvalue weighted by Gasteiger charge is 2.05. The van der Waals surface area contributed by atoms with E-state index in [1.165, 1.54) is 24.8 Å². The van der Waals surface area contributed by atoms with Gasteiger partial charge in [0, 0.05) is 20.0 Å². The fourth-order valence-electron chi connectivity index (χ4n) is 1.97. The van der Waals surface area contributed by atoms with Gasteiger partial charge in [-0.25, -0.2) is 5.43 Å². The molecule has 32 heavy (non-hydrogen) atoms. The molecule has 1 rings (SSSR count). The van der Waals surface area contributed by atoms with Crippen molar-refractivity contribution in [2.24, 2.45) is 4.99 Å². The molecule has 0 radical (unpaired) electrons. The molecule has 1 aliphatic heterocycles. The summed E-state index contributed by atoms with van der Waals surface area (Å²) < 4.78 is 0. The molecule has 0 aliphatic carbocycles. The van der Waals surface area contributed by atoms with Crippen molar-refractivity contribution in [1.82, 2.24) is 20.7 Å². The summed E-state index contributed by atoms with van der Waals surface area (Å²) in [6.45, 7) is 23.9. The van der Waals surface area contributed by atoms with Crippen LogP contribution in [0.2, 0.25) is 0 Å². The van der Waals surface area contributed by atoms with Crippen LogP contribution in [0.15, 0.2) is 53.3 Å². The number of carbonyl (C=O) groups excluding carboxylic acids is 1. The van der Waals surface area contributed by atoms with E-state index in [1.54, 1.807) is 12.2 Å². The van der Waals surface area contributed by atoms with Crippen molar-refractivity contribution in [2.75, 3.05) is 39.9 Å². The van der Waals surface area contributed by atoms with Gasteiger partial charge in [0.2, 0.25) is 5.70 Å². The monoisotopic (exact) mass is 452 g/mol. The van der Waals surface area contributed by atoms with E-state index >= 15 is 0 Å². The Morgan fingerprint density at radius 1 is 1.34 bits per heavy atom. The van der Waals surface area contributed by atoms with Crippen LogP contribution < -0.4 is 10.7 Å². The standard InChI is InChI=1S/C9H13NO2.C7H18N2.C5H7N3O.C2H6/c1-4-5-8(2)6-7-9(3)10(11)12;1-4-9(5-2)7-6-8-3;1-5(2-9)8-4-6-3-7-8;1-2/h4-5,7H,1,6H2,2-3H3;8H,4-7H2,1-3H3;2,4,7H,1,3H2;1-2H3/b8-5-,9-7?;;;. The SMILES string of the molecule is C=C(C=O)N1C=NCN1.C=C/C=C(/C)CC=C(C)[N+](=O)[O-].CC.CCN(CC)CCNC. The Hall–Kier alpha value is -2.62. The minimum Gasteiger partial charge on any atom is -0.318 e. The van der Waals surface area contributed by atoms with Gasteiger partial charge in [-0.3, -0.25) is 24.9 Å². The quantitative estimate of drug-likeness (QED) is 0.162. The lowest BCUT2D eigenvalue weighted by molar-refractivity contribution is -0.424. The van der Waals surface area contributed by atoms with E-state index in [-0.39, 0.29) is 10.6 Å². The van der Waals surface area contributed by atoms with Crippen molar-refractivity contribution in [3.8, 4) is 0 Å². The highest BCUT2D eigenvalue weighted by molar-refractivity contribution is 5.77. The van der Waals surface area contributed by atoms with E-state index in [0.29, 0.717) is 25.1 Å². The third kappa shape index (κ3) is 20.6. The summed E-state index contributed by atoms with van der Waals surface area (Å²) in [4.78, 5) is 26.0. The second kappa shape index (κ2) is 24.6. The molecule has 0 amide bonds. The van der Waals surface area contributed by atoms with E-state index in [1.807, 2.05) is 33.9 Å². The van der Waals surface area contributed by atoms with Gasteiger partial charge in [-0.1, -0.05) is 58.6 Å². The number of allylic oxidation sites excluding steroid dienone is 6. The molecule has 0 aromatic heterocycles. The smallest absolute Gasteiger partial charge is 0.239 e. The van der Waals surface area contributed by atoms with E-state index in [2.05, 4.69) is 47.6 Å². The van der Waals surface area contributed by atoms with Crippen molar-refractivity contribution in [3.05, 3.63) is 58.5 Å². The maximum atomic E-state index is 10.2. The maximum absolute atomic E-state index is 10.2. The highest BCUT2D eigenvalue weighted by Crippen LogP contribution is 2.04. The zero-order chi connectivity index (χ0) is 25.4. The molecule has 0 unspecified atom stereocenters. The minimum absolute atomic E-state index is 0.187. The molecule has 0 saturated carbocycles. The normalized spacial score (nSPS) is 12.6. The fourth-order valence-corrected chi connectivity index (χ4v) is 1.97. The minimum atomic E-state index is -0.388. The average Bonchev–Trinajstić information content (AvgIpc) is 3.35. The highest BCUT2D eigenvalue weighted by atomic mass is 16.6. The van der Waals surface area contributed by atoms with Gasteiger partial charge in [0.05, 0.1) is 10.6 Å². The molecule has 0 aromatic rings. The van der Waals surface area contributed by atoms with Crippen molar-refractivity contribution in [3.63, 3.8) is 0 Å². The number of hydrazine groups is 1. The number of nitrogens with zero attached hydrogens (tertiary/aromatic N) is 4. The Morgan fingerprint density at radius 3 is 2.31 bits per heavy atom. The Bertz CT molecular complexity index is 611. The van der Waals surface area contributed by atoms with E-state index in [9.17, 15) is 14.9 Å². The number of aliphatic imine (C=N–C) groups is 1. The van der Waals surface area contributed by atoms with Gasteiger partial charge < -0.3 is 10.2 Å². The second-order valence-electron chi connectivity index (χ2n) is 6.28. The van der Waals surface area contributed by atoms with Crippen LogP contribution in [0, 0.1) is 10.1 Å². The average molecular weight is 453 g/mol. The first-order valence-corrected chi connectivity index (χ1v) is 10.9. The molecule has 0 saturated heterocycles. The van der Waals surface area contributed by atoms with Gasteiger partial charge in [0.25, 0.3) is 0 Å². The van der Waals surface area contributed by atoms with Gasteiger partial charge in [-0.05, 0) is 39.6 Å². The molecule has 0 spiro atoms. The first-order chi connectivity index (χ1) is 15.3. The van der Waals surface area contributed by atoms with Crippen molar-refractivity contribution in [2.45, 2.75) is 48.0 Å².